The number of nitrogens with zero attached hydrogens (tertiary/aromatic N) is 2. The van der Waals surface area contributed by atoms with Crippen molar-refractivity contribution in [3.8, 4) is 0 Å². The van der Waals surface area contributed by atoms with Gasteiger partial charge in [-0.3, -0.25) is 4.68 Å². The van der Waals surface area contributed by atoms with Gasteiger partial charge in [-0.25, -0.2) is 0 Å². The molecule has 0 aliphatic carbocycles. The van der Waals surface area contributed by atoms with Gasteiger partial charge in [0.1, 0.15) is 0 Å². The molecule has 2 rings (SSSR count). The van der Waals surface area contributed by atoms with Gasteiger partial charge in [0, 0.05) is 18.5 Å². The summed E-state index contributed by atoms with van der Waals surface area (Å²) in [6.07, 6.45) is 5.08. The molecule has 1 heterocycles. The Labute approximate surface area is 115 Å². The molecule has 0 spiro atoms. The molecule has 1 unspecified atom stereocenters. The van der Waals surface area contributed by atoms with E-state index in [2.05, 4.69) is 42.8 Å². The Balaban J connectivity index is 2.24. The molecular formula is C16H25N3. The molecule has 2 aromatic rings. The fourth-order valence-electron chi connectivity index (χ4n) is 2.65. The van der Waals surface area contributed by atoms with Crippen LogP contribution in [0, 0.1) is 5.92 Å². The summed E-state index contributed by atoms with van der Waals surface area (Å²) in [5, 5.41) is 5.90. The molecule has 3 nitrogen and oxygen atoms in total. The van der Waals surface area contributed by atoms with Crippen LogP contribution in [0.1, 0.15) is 45.2 Å². The largest absolute Gasteiger partial charge is 0.325 e. The average molecular weight is 259 g/mol. The highest BCUT2D eigenvalue weighted by Crippen LogP contribution is 2.21. The van der Waals surface area contributed by atoms with Gasteiger partial charge in [0.05, 0.1) is 11.2 Å². The van der Waals surface area contributed by atoms with Crippen molar-refractivity contribution in [1.29, 1.82) is 0 Å². The molecule has 0 saturated heterocycles. The number of fused-ring (bicyclic) bond motifs is 1. The Morgan fingerprint density at radius 3 is 2.74 bits per heavy atom. The highest BCUT2D eigenvalue weighted by molar-refractivity contribution is 5.81. The molecule has 19 heavy (non-hydrogen) atoms. The molecule has 0 amide bonds. The minimum atomic E-state index is 0.513. The van der Waals surface area contributed by atoms with Crippen molar-refractivity contribution in [2.24, 2.45) is 11.7 Å². The maximum atomic E-state index is 5.80. The Morgan fingerprint density at radius 2 is 2.05 bits per heavy atom. The summed E-state index contributed by atoms with van der Waals surface area (Å²) >= 11 is 0. The van der Waals surface area contributed by atoms with E-state index in [1.807, 2.05) is 0 Å². The Hall–Kier alpha value is -1.35. The van der Waals surface area contributed by atoms with Crippen LogP contribution in [0.25, 0.3) is 10.9 Å². The molecule has 104 valence electrons. The number of rotatable bonds is 7. The van der Waals surface area contributed by atoms with Crippen LogP contribution in [0.2, 0.25) is 0 Å². The maximum absolute atomic E-state index is 5.80. The summed E-state index contributed by atoms with van der Waals surface area (Å²) in [6, 6.07) is 8.40. The predicted octanol–water partition coefficient (Wildman–Crippen LogP) is 3.71. The first-order valence-electron chi connectivity index (χ1n) is 7.44. The second kappa shape index (κ2) is 6.71. The van der Waals surface area contributed by atoms with Crippen LogP contribution < -0.4 is 5.73 Å². The van der Waals surface area contributed by atoms with Crippen molar-refractivity contribution in [3.63, 3.8) is 0 Å². The molecule has 0 bridgehead atoms. The summed E-state index contributed by atoms with van der Waals surface area (Å²) < 4.78 is 2.15. The van der Waals surface area contributed by atoms with E-state index in [9.17, 15) is 0 Å². The van der Waals surface area contributed by atoms with Crippen molar-refractivity contribution in [1.82, 2.24) is 9.78 Å². The molecule has 2 N–H and O–H groups in total. The number of hydrogen-bond acceptors (Lipinski definition) is 2. The predicted molar refractivity (Wildman–Crippen MR) is 80.9 cm³/mol. The van der Waals surface area contributed by atoms with Crippen molar-refractivity contribution in [2.45, 2.75) is 52.6 Å². The molecule has 1 atom stereocenters. The topological polar surface area (TPSA) is 43.8 Å². The van der Waals surface area contributed by atoms with Crippen LogP contribution in [0.5, 0.6) is 0 Å². The zero-order valence-electron chi connectivity index (χ0n) is 12.1. The number of unbranched alkanes of at least 4 members (excludes halogenated alkanes) is 1. The zero-order valence-corrected chi connectivity index (χ0v) is 12.1. The Bertz CT molecular complexity index is 516. The van der Waals surface area contributed by atoms with Crippen LogP contribution in [-0.2, 0) is 13.1 Å². The first-order chi connectivity index (χ1) is 9.30. The van der Waals surface area contributed by atoms with Gasteiger partial charge < -0.3 is 5.73 Å². The quantitative estimate of drug-likeness (QED) is 0.823. The molecule has 0 saturated carbocycles. The Morgan fingerprint density at radius 1 is 1.26 bits per heavy atom. The number of para-hydroxylation sites is 1. The van der Waals surface area contributed by atoms with E-state index in [4.69, 9.17) is 10.8 Å². The number of hydrogen-bond donors (Lipinski definition) is 1. The molecule has 1 aromatic carbocycles. The standard InChI is InChI=1S/C16H25N3/c1-3-5-8-13(4-2)12-19-16-10-7-6-9-14(16)15(11-17)18-19/h6-7,9-10,13H,3-5,8,11-12,17H2,1-2H3. The summed E-state index contributed by atoms with van der Waals surface area (Å²) in [4.78, 5) is 0. The third-order valence-electron chi connectivity index (χ3n) is 3.90. The lowest BCUT2D eigenvalue weighted by Crippen LogP contribution is -2.12. The van der Waals surface area contributed by atoms with E-state index < -0.39 is 0 Å². The van der Waals surface area contributed by atoms with Crippen molar-refractivity contribution < 1.29 is 0 Å². The summed E-state index contributed by atoms with van der Waals surface area (Å²) in [5.74, 6) is 0.717. The monoisotopic (exact) mass is 259 g/mol. The van der Waals surface area contributed by atoms with Gasteiger partial charge in [0.25, 0.3) is 0 Å². The third-order valence-corrected chi connectivity index (χ3v) is 3.90. The fourth-order valence-corrected chi connectivity index (χ4v) is 2.65. The third kappa shape index (κ3) is 3.16. The molecule has 3 heteroatoms. The number of aromatic nitrogens is 2. The van der Waals surface area contributed by atoms with E-state index in [0.717, 1.165) is 12.2 Å². The van der Waals surface area contributed by atoms with Gasteiger partial charge >= 0.3 is 0 Å². The van der Waals surface area contributed by atoms with Gasteiger partial charge in [0.2, 0.25) is 0 Å². The minimum absolute atomic E-state index is 0.513. The normalized spacial score (nSPS) is 13.0. The lowest BCUT2D eigenvalue weighted by molar-refractivity contribution is 0.377. The van der Waals surface area contributed by atoms with Crippen molar-refractivity contribution in [3.05, 3.63) is 30.0 Å². The van der Waals surface area contributed by atoms with Gasteiger partial charge in [-0.1, -0.05) is 51.3 Å². The van der Waals surface area contributed by atoms with Crippen LogP contribution in [0.15, 0.2) is 24.3 Å². The maximum Gasteiger partial charge on any atom is 0.0838 e. The number of benzene rings is 1. The highest BCUT2D eigenvalue weighted by atomic mass is 15.3. The fraction of sp³-hybridized carbons (Fsp3) is 0.562. The van der Waals surface area contributed by atoms with Gasteiger partial charge in [-0.15, -0.1) is 0 Å². The van der Waals surface area contributed by atoms with Crippen LogP contribution >= 0.6 is 0 Å². The van der Waals surface area contributed by atoms with E-state index >= 15 is 0 Å². The lowest BCUT2D eigenvalue weighted by atomic mass is 9.99. The molecule has 0 aliphatic rings. The SMILES string of the molecule is CCCCC(CC)Cn1nc(CN)c2ccccc21. The van der Waals surface area contributed by atoms with E-state index in [1.54, 1.807) is 0 Å². The van der Waals surface area contributed by atoms with E-state index in [0.29, 0.717) is 12.5 Å². The van der Waals surface area contributed by atoms with E-state index in [1.165, 1.54) is 36.6 Å². The Kier molecular flexibility index (Phi) is 4.97. The van der Waals surface area contributed by atoms with Crippen LogP contribution in [-0.4, -0.2) is 9.78 Å². The highest BCUT2D eigenvalue weighted by Gasteiger charge is 2.12. The summed E-state index contributed by atoms with van der Waals surface area (Å²) in [6.45, 7) is 6.05. The summed E-state index contributed by atoms with van der Waals surface area (Å²) in [7, 11) is 0. The van der Waals surface area contributed by atoms with Gasteiger partial charge in [-0.2, -0.15) is 5.10 Å². The second-order valence-electron chi connectivity index (χ2n) is 5.27. The second-order valence-corrected chi connectivity index (χ2v) is 5.27. The van der Waals surface area contributed by atoms with Gasteiger partial charge in [-0.05, 0) is 18.4 Å². The lowest BCUT2D eigenvalue weighted by Gasteiger charge is -2.15. The molecule has 0 fully saturated rings. The smallest absolute Gasteiger partial charge is 0.0838 e. The van der Waals surface area contributed by atoms with Crippen molar-refractivity contribution >= 4 is 10.9 Å². The molecule has 0 radical (unpaired) electrons. The van der Waals surface area contributed by atoms with Crippen LogP contribution in [0.4, 0.5) is 0 Å². The first-order valence-corrected chi connectivity index (χ1v) is 7.44. The average Bonchev–Trinajstić information content (AvgIpc) is 2.81. The first kappa shape index (κ1) is 14.1. The molecular weight excluding hydrogens is 234 g/mol. The molecule has 1 aromatic heterocycles. The van der Waals surface area contributed by atoms with Crippen LogP contribution in [0.3, 0.4) is 0 Å². The molecule has 0 aliphatic heterocycles. The van der Waals surface area contributed by atoms with E-state index in [-0.39, 0.29) is 0 Å². The zero-order chi connectivity index (χ0) is 13.7. The van der Waals surface area contributed by atoms with Crippen molar-refractivity contribution in [2.75, 3.05) is 0 Å². The number of nitrogens with two attached hydrogens (primary N) is 1. The summed E-state index contributed by atoms with van der Waals surface area (Å²) in [5.41, 5.74) is 8.03. The van der Waals surface area contributed by atoms with Gasteiger partial charge in [0.15, 0.2) is 0 Å². The minimum Gasteiger partial charge on any atom is -0.325 e.